The summed E-state index contributed by atoms with van der Waals surface area (Å²) in [4.78, 5) is 30.2. The number of carbonyl (C=O) groups is 2. The zero-order chi connectivity index (χ0) is 31.3. The molecule has 1 aromatic heterocycles. The first-order valence-corrected chi connectivity index (χ1v) is 16.2. The number of unbranched alkanes of at least 4 members (excludes halogenated alkanes) is 1. The Balaban J connectivity index is 1.68. The first-order valence-electron chi connectivity index (χ1n) is 13.8. The quantitative estimate of drug-likeness (QED) is 0.134. The molecule has 1 saturated carbocycles. The van der Waals surface area contributed by atoms with Crippen molar-refractivity contribution in [2.45, 2.75) is 77.4 Å². The van der Waals surface area contributed by atoms with E-state index in [1.54, 1.807) is 24.3 Å². The number of thiocarbonyl (C=S) groups is 1. The lowest BCUT2D eigenvalue weighted by atomic mass is 9.65. The predicted octanol–water partition coefficient (Wildman–Crippen LogP) is 5.53. The number of nitrogens with one attached hydrogen (secondary N) is 1. The van der Waals surface area contributed by atoms with Crippen LogP contribution in [0.4, 0.5) is 13.2 Å². The van der Waals surface area contributed by atoms with Crippen LogP contribution in [-0.2, 0) is 38.4 Å². The Hall–Kier alpha value is -2.86. The van der Waals surface area contributed by atoms with Gasteiger partial charge in [-0.05, 0) is 56.7 Å². The summed E-state index contributed by atoms with van der Waals surface area (Å²) >= 11 is 5.73. The SMILES string of the molecule is COC(=O)C(Cc1ccc(CC(=O)c2c(C(F)(F)F)cc(C)nc2C)cc1)NC(=S)C1(CCCCS(C)(=O)=O)CCC1. The number of ketones is 1. The second-order valence-corrected chi connectivity index (χ2v) is 13.8. The van der Waals surface area contributed by atoms with Crippen LogP contribution in [0.2, 0.25) is 0 Å². The fraction of sp³-hybridized carbons (Fsp3) is 0.533. The third-order valence-electron chi connectivity index (χ3n) is 7.74. The van der Waals surface area contributed by atoms with E-state index in [0.29, 0.717) is 23.4 Å². The van der Waals surface area contributed by atoms with Crippen molar-refractivity contribution in [2.24, 2.45) is 5.41 Å². The number of ether oxygens (including phenoxy) is 1. The molecule has 12 heteroatoms. The number of sulfone groups is 1. The van der Waals surface area contributed by atoms with Crippen LogP contribution in [0.1, 0.15) is 77.0 Å². The minimum absolute atomic E-state index is 0.0338. The first kappa shape index (κ1) is 33.6. The number of hydrogen-bond acceptors (Lipinski definition) is 7. The second-order valence-electron chi connectivity index (χ2n) is 11.2. The van der Waals surface area contributed by atoms with Gasteiger partial charge in [-0.15, -0.1) is 0 Å². The molecule has 1 aliphatic carbocycles. The zero-order valence-corrected chi connectivity index (χ0v) is 25.9. The fourth-order valence-electron chi connectivity index (χ4n) is 5.38. The highest BCUT2D eigenvalue weighted by atomic mass is 32.2. The van der Waals surface area contributed by atoms with E-state index in [-0.39, 0.29) is 35.4 Å². The van der Waals surface area contributed by atoms with Crippen molar-refractivity contribution in [3.05, 3.63) is 64.0 Å². The van der Waals surface area contributed by atoms with Gasteiger partial charge in [0.1, 0.15) is 15.9 Å². The molecular weight excluding hydrogens is 589 g/mol. The highest BCUT2D eigenvalue weighted by Gasteiger charge is 2.42. The molecule has 0 amide bonds. The van der Waals surface area contributed by atoms with E-state index in [2.05, 4.69) is 10.3 Å². The van der Waals surface area contributed by atoms with Gasteiger partial charge in [0.25, 0.3) is 0 Å². The van der Waals surface area contributed by atoms with Crippen LogP contribution in [0.3, 0.4) is 0 Å². The van der Waals surface area contributed by atoms with E-state index in [1.165, 1.54) is 27.2 Å². The van der Waals surface area contributed by atoms with Crippen LogP contribution in [0.15, 0.2) is 30.3 Å². The van der Waals surface area contributed by atoms with Gasteiger partial charge >= 0.3 is 12.1 Å². The van der Waals surface area contributed by atoms with Crippen molar-refractivity contribution in [1.29, 1.82) is 0 Å². The molecule has 0 saturated heterocycles. The number of esters is 1. The van der Waals surface area contributed by atoms with Crippen LogP contribution < -0.4 is 5.32 Å². The Kier molecular flexibility index (Phi) is 10.9. The number of nitrogens with zero attached hydrogens (tertiary/aromatic N) is 1. The van der Waals surface area contributed by atoms with Crippen LogP contribution in [-0.4, -0.2) is 55.3 Å². The molecular formula is C30H37F3N2O5S2. The lowest BCUT2D eigenvalue weighted by molar-refractivity contribution is -0.142. The second kappa shape index (κ2) is 13.6. The van der Waals surface area contributed by atoms with Gasteiger partial charge in [-0.2, -0.15) is 13.2 Å². The monoisotopic (exact) mass is 626 g/mol. The number of aromatic nitrogens is 1. The van der Waals surface area contributed by atoms with Crippen LogP contribution in [0.25, 0.3) is 0 Å². The standard InChI is InChI=1S/C30H37F3N2O5S2/c1-19-16-23(30(31,32)33)26(20(2)34-19)25(36)18-22-10-8-21(9-11-22)17-24(27(37)40-3)35-28(41)29(13-7-14-29)12-5-6-15-42(4,38)39/h8-11,16,24H,5-7,12-15,17-18H2,1-4H3,(H,35,41). The molecule has 1 atom stereocenters. The number of alkyl halides is 3. The molecule has 230 valence electrons. The van der Waals surface area contributed by atoms with Crippen molar-refractivity contribution >= 4 is 38.8 Å². The Morgan fingerprint density at radius 1 is 1.12 bits per heavy atom. The molecule has 1 unspecified atom stereocenters. The number of hydrogen-bond donors (Lipinski definition) is 1. The molecule has 7 nitrogen and oxygen atoms in total. The zero-order valence-electron chi connectivity index (χ0n) is 24.3. The molecule has 0 aliphatic heterocycles. The van der Waals surface area contributed by atoms with Gasteiger partial charge < -0.3 is 10.1 Å². The highest BCUT2D eigenvalue weighted by molar-refractivity contribution is 7.90. The number of halogens is 3. The largest absolute Gasteiger partial charge is 0.467 e. The van der Waals surface area contributed by atoms with Gasteiger partial charge in [-0.1, -0.05) is 49.3 Å². The number of benzene rings is 1. The summed E-state index contributed by atoms with van der Waals surface area (Å²) in [6.07, 6.45) is 1.26. The Morgan fingerprint density at radius 3 is 2.26 bits per heavy atom. The van der Waals surface area contributed by atoms with E-state index in [1.807, 2.05) is 0 Å². The van der Waals surface area contributed by atoms with Crippen LogP contribution >= 0.6 is 12.2 Å². The first-order chi connectivity index (χ1) is 19.5. The maximum atomic E-state index is 13.6. The Morgan fingerprint density at radius 2 is 1.74 bits per heavy atom. The molecule has 1 fully saturated rings. The third-order valence-corrected chi connectivity index (χ3v) is 9.33. The van der Waals surface area contributed by atoms with Crippen molar-refractivity contribution < 1.29 is 35.9 Å². The minimum Gasteiger partial charge on any atom is -0.467 e. The maximum Gasteiger partial charge on any atom is 0.417 e. The molecule has 0 radical (unpaired) electrons. The molecule has 42 heavy (non-hydrogen) atoms. The number of methoxy groups -OCH3 is 1. The van der Waals surface area contributed by atoms with Crippen LogP contribution in [0.5, 0.6) is 0 Å². The summed E-state index contributed by atoms with van der Waals surface area (Å²) in [5.41, 5.74) is -0.203. The highest BCUT2D eigenvalue weighted by Crippen LogP contribution is 2.46. The minimum atomic E-state index is -4.68. The number of pyridine rings is 1. The molecule has 1 heterocycles. The molecule has 0 spiro atoms. The fourth-order valence-corrected chi connectivity index (χ4v) is 6.55. The van der Waals surface area contributed by atoms with Crippen molar-refractivity contribution in [2.75, 3.05) is 19.1 Å². The lowest BCUT2D eigenvalue weighted by Gasteiger charge is -2.43. The molecule has 1 N–H and O–H groups in total. The van der Waals surface area contributed by atoms with Gasteiger partial charge in [-0.3, -0.25) is 9.78 Å². The molecule has 1 aliphatic rings. The van der Waals surface area contributed by atoms with E-state index >= 15 is 0 Å². The van der Waals surface area contributed by atoms with Crippen LogP contribution in [0, 0.1) is 19.3 Å². The molecule has 1 aromatic carbocycles. The van der Waals surface area contributed by atoms with Gasteiger partial charge in [0, 0.05) is 41.7 Å². The van der Waals surface area contributed by atoms with Gasteiger partial charge in [-0.25, -0.2) is 13.2 Å². The average Bonchev–Trinajstić information content (AvgIpc) is 2.86. The summed E-state index contributed by atoms with van der Waals surface area (Å²) in [5, 5.41) is 3.19. The normalized spacial score (nSPS) is 15.4. The average molecular weight is 627 g/mol. The third kappa shape index (κ3) is 8.82. The smallest absolute Gasteiger partial charge is 0.417 e. The van der Waals surface area contributed by atoms with E-state index in [4.69, 9.17) is 17.0 Å². The predicted molar refractivity (Wildman–Crippen MR) is 158 cm³/mol. The molecule has 3 rings (SSSR count). The summed E-state index contributed by atoms with van der Waals surface area (Å²) < 4.78 is 68.8. The summed E-state index contributed by atoms with van der Waals surface area (Å²) in [7, 11) is -1.74. The number of aryl methyl sites for hydroxylation is 2. The number of rotatable bonds is 13. The van der Waals surface area contributed by atoms with E-state index in [0.717, 1.165) is 37.3 Å². The Bertz CT molecular complexity index is 1420. The van der Waals surface area contributed by atoms with Gasteiger partial charge in [0.15, 0.2) is 5.78 Å². The summed E-state index contributed by atoms with van der Waals surface area (Å²) in [6, 6.07) is 6.87. The van der Waals surface area contributed by atoms with Crippen molar-refractivity contribution in [3.63, 3.8) is 0 Å². The van der Waals surface area contributed by atoms with E-state index in [9.17, 15) is 31.2 Å². The van der Waals surface area contributed by atoms with Gasteiger partial charge in [0.2, 0.25) is 0 Å². The number of carbonyl (C=O) groups excluding carboxylic acids is 2. The van der Waals surface area contributed by atoms with Crippen molar-refractivity contribution in [3.8, 4) is 0 Å². The lowest BCUT2D eigenvalue weighted by Crippen LogP contribution is -2.51. The summed E-state index contributed by atoms with van der Waals surface area (Å²) in [6.45, 7) is 2.85. The maximum absolute atomic E-state index is 13.6. The number of Topliss-reactive ketones (excluding diaryl/α,β-unsaturated/α-hetero) is 1. The summed E-state index contributed by atoms with van der Waals surface area (Å²) in [5.74, 6) is -1.05. The Labute approximate surface area is 250 Å². The topological polar surface area (TPSA) is 102 Å². The van der Waals surface area contributed by atoms with Gasteiger partial charge in [0.05, 0.1) is 23.2 Å². The van der Waals surface area contributed by atoms with E-state index < -0.39 is 44.9 Å². The van der Waals surface area contributed by atoms with Crippen molar-refractivity contribution in [1.82, 2.24) is 10.3 Å². The molecule has 2 aromatic rings. The molecule has 0 bridgehead atoms.